The topological polar surface area (TPSA) is 57.5 Å². The normalized spacial score (nSPS) is 40.4. The number of fused-ring (bicyclic) bond motifs is 1. The maximum absolute atomic E-state index is 11.5. The van der Waals surface area contributed by atoms with Crippen LogP contribution in [0.2, 0.25) is 0 Å². The molecule has 5 atom stereocenters. The maximum Gasteiger partial charge on any atom is 0.133 e. The highest BCUT2D eigenvalue weighted by Crippen LogP contribution is 2.47. The summed E-state index contributed by atoms with van der Waals surface area (Å²) in [6, 6.07) is 0. The number of aliphatic hydroxyl groups excluding tert-OH is 2. The van der Waals surface area contributed by atoms with Crippen LogP contribution in [0.3, 0.4) is 0 Å². The van der Waals surface area contributed by atoms with Crippen LogP contribution in [-0.4, -0.2) is 28.2 Å². The molecule has 0 aromatic rings. The molecule has 2 N–H and O–H groups in total. The fourth-order valence-corrected chi connectivity index (χ4v) is 4.56. The summed E-state index contributed by atoms with van der Waals surface area (Å²) in [5.41, 5.74) is 0. The van der Waals surface area contributed by atoms with E-state index in [2.05, 4.69) is 0 Å². The van der Waals surface area contributed by atoms with Crippen molar-refractivity contribution in [3.63, 3.8) is 0 Å². The molecule has 3 heteroatoms. The predicted octanol–water partition coefficient (Wildman–Crippen LogP) is 2.46. The van der Waals surface area contributed by atoms with Gasteiger partial charge >= 0.3 is 0 Å². The van der Waals surface area contributed by atoms with Crippen molar-refractivity contribution in [2.24, 2.45) is 23.7 Å². The van der Waals surface area contributed by atoms with Gasteiger partial charge in [-0.1, -0.05) is 31.4 Å². The molecule has 3 aliphatic rings. The Kier molecular flexibility index (Phi) is 4.27. The van der Waals surface area contributed by atoms with Gasteiger partial charge in [0.2, 0.25) is 0 Å². The zero-order valence-electron chi connectivity index (χ0n) is 12.1. The number of aliphatic hydroxyl groups is 2. The molecule has 0 bridgehead atoms. The number of hydrogen-bond acceptors (Lipinski definition) is 3. The van der Waals surface area contributed by atoms with Crippen LogP contribution in [0.4, 0.5) is 0 Å². The molecule has 3 nitrogen and oxygen atoms in total. The van der Waals surface area contributed by atoms with Gasteiger partial charge in [0.15, 0.2) is 0 Å². The molecule has 3 rings (SSSR count). The van der Waals surface area contributed by atoms with Crippen LogP contribution in [-0.2, 0) is 4.79 Å². The lowest BCUT2D eigenvalue weighted by Crippen LogP contribution is -2.22. The van der Waals surface area contributed by atoms with Crippen molar-refractivity contribution in [1.29, 1.82) is 0 Å². The van der Waals surface area contributed by atoms with Gasteiger partial charge in [0, 0.05) is 18.8 Å². The van der Waals surface area contributed by atoms with Gasteiger partial charge < -0.3 is 10.2 Å². The average molecular weight is 278 g/mol. The summed E-state index contributed by atoms with van der Waals surface area (Å²) in [5.74, 6) is 1.49. The molecule has 0 radical (unpaired) electrons. The average Bonchev–Trinajstić information content (AvgIpc) is 2.92. The van der Waals surface area contributed by atoms with Gasteiger partial charge in [-0.05, 0) is 37.0 Å². The Balaban J connectivity index is 1.61. The molecule has 0 amide bonds. The quantitative estimate of drug-likeness (QED) is 0.780. The lowest BCUT2D eigenvalue weighted by Gasteiger charge is -2.25. The highest BCUT2D eigenvalue weighted by atomic mass is 16.3. The zero-order valence-corrected chi connectivity index (χ0v) is 12.1. The molecule has 20 heavy (non-hydrogen) atoms. The van der Waals surface area contributed by atoms with Gasteiger partial charge in [-0.15, -0.1) is 0 Å². The minimum Gasteiger partial charge on any atom is -0.392 e. The summed E-state index contributed by atoms with van der Waals surface area (Å²) in [7, 11) is 0. The first kappa shape index (κ1) is 14.3. The van der Waals surface area contributed by atoms with E-state index in [0.717, 1.165) is 19.3 Å². The Morgan fingerprint density at radius 3 is 2.65 bits per heavy atom. The minimum absolute atomic E-state index is 0.0738. The van der Waals surface area contributed by atoms with Crippen LogP contribution in [0.1, 0.15) is 51.4 Å². The largest absolute Gasteiger partial charge is 0.392 e. The van der Waals surface area contributed by atoms with Crippen molar-refractivity contribution in [3.05, 3.63) is 12.2 Å². The van der Waals surface area contributed by atoms with Crippen LogP contribution in [0.25, 0.3) is 0 Å². The third-order valence-corrected chi connectivity index (χ3v) is 5.70. The second-order valence-electron chi connectivity index (χ2n) is 7.02. The summed E-state index contributed by atoms with van der Waals surface area (Å²) in [4.78, 5) is 11.5. The summed E-state index contributed by atoms with van der Waals surface area (Å²) < 4.78 is 0. The van der Waals surface area contributed by atoms with Crippen LogP contribution >= 0.6 is 0 Å². The van der Waals surface area contributed by atoms with Gasteiger partial charge in [0.25, 0.3) is 0 Å². The molecular formula is C17H26O3. The Bertz CT molecular complexity index is 384. The zero-order chi connectivity index (χ0) is 14.1. The number of Topliss-reactive ketones (excluding diaryl/α,β-unsaturated/α-hetero) is 1. The van der Waals surface area contributed by atoms with Gasteiger partial charge in [-0.25, -0.2) is 0 Å². The van der Waals surface area contributed by atoms with E-state index < -0.39 is 0 Å². The molecule has 0 aliphatic heterocycles. The van der Waals surface area contributed by atoms with E-state index in [0.29, 0.717) is 36.4 Å². The van der Waals surface area contributed by atoms with Crippen LogP contribution < -0.4 is 0 Å². The first-order valence-electron chi connectivity index (χ1n) is 8.21. The van der Waals surface area contributed by atoms with E-state index in [1.165, 1.54) is 19.3 Å². The van der Waals surface area contributed by atoms with E-state index in [1.54, 1.807) is 0 Å². The smallest absolute Gasteiger partial charge is 0.133 e. The Hall–Kier alpha value is -0.670. The summed E-state index contributed by atoms with van der Waals surface area (Å²) in [5, 5.41) is 20.4. The van der Waals surface area contributed by atoms with Crippen molar-refractivity contribution in [2.75, 3.05) is 0 Å². The molecule has 0 spiro atoms. The van der Waals surface area contributed by atoms with Crippen molar-refractivity contribution >= 4 is 5.78 Å². The third-order valence-electron chi connectivity index (χ3n) is 5.70. The van der Waals surface area contributed by atoms with E-state index in [1.807, 2.05) is 12.2 Å². The van der Waals surface area contributed by atoms with Crippen molar-refractivity contribution in [1.82, 2.24) is 0 Å². The molecule has 0 heterocycles. The lowest BCUT2D eigenvalue weighted by molar-refractivity contribution is -0.118. The SMILES string of the molecule is O=C1C[C@@H]2C[C@@H](O)[C@H](/C=C/[C@@H](O)C3CCCCC3)[C@@H]2C1. The highest BCUT2D eigenvalue weighted by Gasteiger charge is 2.46. The van der Waals surface area contributed by atoms with E-state index in [9.17, 15) is 15.0 Å². The van der Waals surface area contributed by atoms with Crippen LogP contribution in [0.5, 0.6) is 0 Å². The van der Waals surface area contributed by atoms with Crippen LogP contribution in [0.15, 0.2) is 12.2 Å². The second-order valence-corrected chi connectivity index (χ2v) is 7.02. The fourth-order valence-electron chi connectivity index (χ4n) is 4.56. The standard InChI is InChI=1S/C17H26O3/c18-13-8-12-9-17(20)14(15(12)10-13)6-7-16(19)11-4-2-1-3-5-11/h6-7,11-12,14-17,19-20H,1-5,8-10H2/b7-6+/t12-,14-,15-,16-,17-/m1/s1. The first-order valence-corrected chi connectivity index (χ1v) is 8.21. The molecule has 0 aromatic carbocycles. The van der Waals surface area contributed by atoms with E-state index in [-0.39, 0.29) is 18.1 Å². The summed E-state index contributed by atoms with van der Waals surface area (Å²) >= 11 is 0. The lowest BCUT2D eigenvalue weighted by atomic mass is 9.84. The number of rotatable bonds is 3. The number of hydrogen-bond donors (Lipinski definition) is 2. The Morgan fingerprint density at radius 2 is 1.90 bits per heavy atom. The molecule has 3 saturated carbocycles. The third kappa shape index (κ3) is 2.84. The van der Waals surface area contributed by atoms with Gasteiger partial charge in [0.05, 0.1) is 12.2 Å². The van der Waals surface area contributed by atoms with E-state index >= 15 is 0 Å². The number of carbonyl (C=O) groups is 1. The minimum atomic E-state index is -0.376. The second kappa shape index (κ2) is 5.98. The molecule has 3 aliphatic carbocycles. The predicted molar refractivity (Wildman–Crippen MR) is 77.1 cm³/mol. The number of carbonyl (C=O) groups excluding carboxylic acids is 1. The van der Waals surface area contributed by atoms with Gasteiger partial charge in [-0.3, -0.25) is 4.79 Å². The molecule has 3 fully saturated rings. The molecule has 0 aromatic heterocycles. The molecule has 0 unspecified atom stereocenters. The van der Waals surface area contributed by atoms with Crippen molar-refractivity contribution in [2.45, 2.75) is 63.6 Å². The van der Waals surface area contributed by atoms with Crippen LogP contribution in [0, 0.1) is 23.7 Å². The van der Waals surface area contributed by atoms with Gasteiger partial charge in [-0.2, -0.15) is 0 Å². The first-order chi connectivity index (χ1) is 9.65. The number of ketones is 1. The van der Waals surface area contributed by atoms with Crippen molar-refractivity contribution < 1.29 is 15.0 Å². The Morgan fingerprint density at radius 1 is 1.15 bits per heavy atom. The van der Waals surface area contributed by atoms with Gasteiger partial charge in [0.1, 0.15) is 5.78 Å². The summed E-state index contributed by atoms with van der Waals surface area (Å²) in [6.07, 6.45) is 11.2. The fraction of sp³-hybridized carbons (Fsp3) is 0.824. The van der Waals surface area contributed by atoms with Crippen molar-refractivity contribution in [3.8, 4) is 0 Å². The maximum atomic E-state index is 11.5. The molecular weight excluding hydrogens is 252 g/mol. The highest BCUT2D eigenvalue weighted by molar-refractivity contribution is 5.81. The summed E-state index contributed by atoms with van der Waals surface area (Å²) in [6.45, 7) is 0. The Labute approximate surface area is 121 Å². The molecule has 112 valence electrons. The van der Waals surface area contributed by atoms with E-state index in [4.69, 9.17) is 0 Å². The molecule has 0 saturated heterocycles. The monoisotopic (exact) mass is 278 g/mol.